The van der Waals surface area contributed by atoms with Crippen molar-refractivity contribution in [2.24, 2.45) is 0 Å². The predicted octanol–water partition coefficient (Wildman–Crippen LogP) is 5.89. The standard InChI is InChI=1S/C22H22Cl2N4O3S2/c1-5-9-28-19(15-8-7-13(23)10-16(15)24)26-27-22(28)32-11-17(29)25-20-18(21(30)31-4)14(6-2)12(3)33-20/h5,7-8,10H,1,6,9,11H2,2-4H3,(H,25,29). The van der Waals surface area contributed by atoms with E-state index in [2.05, 4.69) is 22.1 Å². The molecule has 3 rings (SSSR count). The van der Waals surface area contributed by atoms with Crippen molar-refractivity contribution in [3.8, 4) is 11.4 Å². The fraction of sp³-hybridized carbons (Fsp3) is 0.273. The number of aromatic nitrogens is 3. The van der Waals surface area contributed by atoms with Crippen LogP contribution in [-0.4, -0.2) is 39.5 Å². The molecule has 2 aromatic heterocycles. The molecule has 0 aliphatic carbocycles. The van der Waals surface area contributed by atoms with Crippen molar-refractivity contribution in [3.05, 3.63) is 56.9 Å². The van der Waals surface area contributed by atoms with Gasteiger partial charge in [-0.2, -0.15) is 0 Å². The summed E-state index contributed by atoms with van der Waals surface area (Å²) in [5, 5.41) is 13.3. The number of amides is 1. The van der Waals surface area contributed by atoms with E-state index in [4.69, 9.17) is 27.9 Å². The number of ether oxygens (including phenoxy) is 1. The van der Waals surface area contributed by atoms with Crippen molar-refractivity contribution in [2.75, 3.05) is 18.2 Å². The van der Waals surface area contributed by atoms with Gasteiger partial charge in [-0.3, -0.25) is 9.36 Å². The van der Waals surface area contributed by atoms with Crippen molar-refractivity contribution in [1.29, 1.82) is 0 Å². The zero-order valence-electron chi connectivity index (χ0n) is 18.3. The largest absolute Gasteiger partial charge is 0.465 e. The van der Waals surface area contributed by atoms with Gasteiger partial charge in [-0.15, -0.1) is 28.1 Å². The average molecular weight is 525 g/mol. The van der Waals surface area contributed by atoms with Gasteiger partial charge in [-0.1, -0.05) is 48.0 Å². The van der Waals surface area contributed by atoms with Gasteiger partial charge in [0.05, 0.1) is 23.4 Å². The minimum atomic E-state index is -0.464. The molecule has 0 saturated heterocycles. The molecule has 33 heavy (non-hydrogen) atoms. The summed E-state index contributed by atoms with van der Waals surface area (Å²) in [6.45, 7) is 8.10. The zero-order chi connectivity index (χ0) is 24.1. The van der Waals surface area contributed by atoms with Crippen LogP contribution in [0, 0.1) is 6.92 Å². The molecular weight excluding hydrogens is 503 g/mol. The molecule has 0 atom stereocenters. The molecule has 7 nitrogen and oxygen atoms in total. The third-order valence-corrected chi connectivity index (χ3v) is 7.32. The molecule has 2 heterocycles. The number of esters is 1. The first kappa shape index (κ1) is 25.3. The minimum absolute atomic E-state index is 0.0721. The maximum absolute atomic E-state index is 12.7. The van der Waals surface area contributed by atoms with Crippen molar-refractivity contribution >= 4 is 63.2 Å². The molecule has 0 aliphatic rings. The summed E-state index contributed by atoms with van der Waals surface area (Å²) in [5.41, 5.74) is 1.97. The number of rotatable bonds is 9. The van der Waals surface area contributed by atoms with Gasteiger partial charge in [0.15, 0.2) is 11.0 Å². The van der Waals surface area contributed by atoms with E-state index in [0.717, 1.165) is 10.4 Å². The van der Waals surface area contributed by atoms with E-state index in [1.54, 1.807) is 24.3 Å². The number of carbonyl (C=O) groups excluding carboxylic acids is 2. The summed E-state index contributed by atoms with van der Waals surface area (Å²) in [6, 6.07) is 5.13. The van der Waals surface area contributed by atoms with Crippen LogP contribution in [0.3, 0.4) is 0 Å². The lowest BCUT2D eigenvalue weighted by Gasteiger charge is -2.09. The smallest absolute Gasteiger partial charge is 0.341 e. The maximum atomic E-state index is 12.7. The normalized spacial score (nSPS) is 10.8. The zero-order valence-corrected chi connectivity index (χ0v) is 21.4. The summed E-state index contributed by atoms with van der Waals surface area (Å²) < 4.78 is 6.73. The van der Waals surface area contributed by atoms with E-state index in [1.807, 2.05) is 18.4 Å². The summed E-state index contributed by atoms with van der Waals surface area (Å²) in [7, 11) is 1.33. The molecule has 174 valence electrons. The van der Waals surface area contributed by atoms with E-state index < -0.39 is 5.97 Å². The molecule has 1 amide bonds. The molecule has 1 aromatic carbocycles. The molecule has 0 fully saturated rings. The first-order valence-corrected chi connectivity index (χ1v) is 12.5. The van der Waals surface area contributed by atoms with Gasteiger partial charge in [0, 0.05) is 22.0 Å². The Labute approximate surface area is 210 Å². The number of thioether (sulfide) groups is 1. The fourth-order valence-corrected chi connectivity index (χ4v) is 5.65. The Morgan fingerprint density at radius 3 is 2.73 bits per heavy atom. The second-order valence-corrected chi connectivity index (χ2v) is 9.86. The van der Waals surface area contributed by atoms with Crippen LogP contribution in [0.25, 0.3) is 11.4 Å². The number of allylic oxidation sites excluding steroid dienone is 1. The van der Waals surface area contributed by atoms with Gasteiger partial charge in [-0.05, 0) is 37.1 Å². The van der Waals surface area contributed by atoms with E-state index in [9.17, 15) is 9.59 Å². The van der Waals surface area contributed by atoms with Gasteiger partial charge in [0.25, 0.3) is 0 Å². The molecule has 0 bridgehead atoms. The molecule has 11 heteroatoms. The lowest BCUT2D eigenvalue weighted by molar-refractivity contribution is -0.113. The van der Waals surface area contributed by atoms with E-state index in [1.165, 1.54) is 30.2 Å². The molecule has 1 N–H and O–H groups in total. The molecule has 0 spiro atoms. The number of carbonyl (C=O) groups is 2. The van der Waals surface area contributed by atoms with Crippen LogP contribution in [-0.2, 0) is 22.5 Å². The highest BCUT2D eigenvalue weighted by atomic mass is 35.5. The molecule has 0 radical (unpaired) electrons. The van der Waals surface area contributed by atoms with Crippen molar-refractivity contribution in [1.82, 2.24) is 14.8 Å². The molecule has 0 aliphatic heterocycles. The fourth-order valence-electron chi connectivity index (χ4n) is 3.26. The molecule has 0 saturated carbocycles. The number of benzene rings is 1. The Hall–Kier alpha value is -2.33. The second-order valence-electron chi connectivity index (χ2n) is 6.85. The first-order valence-electron chi connectivity index (χ1n) is 9.93. The van der Waals surface area contributed by atoms with Crippen LogP contribution < -0.4 is 5.32 Å². The van der Waals surface area contributed by atoms with Crippen molar-refractivity contribution in [3.63, 3.8) is 0 Å². The number of aryl methyl sites for hydroxylation is 1. The number of thiophene rings is 1. The lowest BCUT2D eigenvalue weighted by atomic mass is 10.1. The van der Waals surface area contributed by atoms with Gasteiger partial charge in [-0.25, -0.2) is 4.79 Å². The maximum Gasteiger partial charge on any atom is 0.341 e. The van der Waals surface area contributed by atoms with Crippen molar-refractivity contribution < 1.29 is 14.3 Å². The van der Waals surface area contributed by atoms with E-state index in [0.29, 0.717) is 50.1 Å². The highest BCUT2D eigenvalue weighted by molar-refractivity contribution is 7.99. The van der Waals surface area contributed by atoms with Gasteiger partial charge >= 0.3 is 5.97 Å². The molecule has 0 unspecified atom stereocenters. The van der Waals surface area contributed by atoms with Crippen LogP contribution in [0.1, 0.15) is 27.7 Å². The third kappa shape index (κ3) is 5.60. The SMILES string of the molecule is C=CCn1c(SCC(=O)Nc2sc(C)c(CC)c2C(=O)OC)nnc1-c1ccc(Cl)cc1Cl. The van der Waals surface area contributed by atoms with E-state index >= 15 is 0 Å². The number of hydrogen-bond donors (Lipinski definition) is 1. The summed E-state index contributed by atoms with van der Waals surface area (Å²) in [6.07, 6.45) is 2.38. The highest BCUT2D eigenvalue weighted by Gasteiger charge is 2.23. The number of halogens is 2. The number of nitrogens with one attached hydrogen (secondary N) is 1. The van der Waals surface area contributed by atoms with Crippen LogP contribution in [0.2, 0.25) is 10.0 Å². The van der Waals surface area contributed by atoms with Gasteiger partial charge in [0.1, 0.15) is 5.00 Å². The minimum Gasteiger partial charge on any atom is -0.465 e. The number of nitrogens with zero attached hydrogens (tertiary/aromatic N) is 3. The van der Waals surface area contributed by atoms with Crippen LogP contribution in [0.15, 0.2) is 36.0 Å². The molecular formula is C22H22Cl2N4O3S2. The molecule has 3 aromatic rings. The predicted molar refractivity (Wildman–Crippen MR) is 135 cm³/mol. The summed E-state index contributed by atoms with van der Waals surface area (Å²) in [4.78, 5) is 25.9. The Balaban J connectivity index is 1.79. The van der Waals surface area contributed by atoms with Crippen molar-refractivity contribution in [2.45, 2.75) is 32.0 Å². The number of hydrogen-bond acceptors (Lipinski definition) is 7. The number of methoxy groups -OCH3 is 1. The first-order chi connectivity index (χ1) is 15.8. The number of anilines is 1. The Morgan fingerprint density at radius 2 is 2.09 bits per heavy atom. The van der Waals surface area contributed by atoms with Gasteiger partial charge < -0.3 is 10.1 Å². The summed E-state index contributed by atoms with van der Waals surface area (Å²) in [5.74, 6) is -0.112. The topological polar surface area (TPSA) is 86.1 Å². The third-order valence-electron chi connectivity index (χ3n) is 4.74. The van der Waals surface area contributed by atoms with Crippen LogP contribution in [0.5, 0.6) is 0 Å². The van der Waals surface area contributed by atoms with E-state index in [-0.39, 0.29) is 11.7 Å². The Morgan fingerprint density at radius 1 is 1.33 bits per heavy atom. The second kappa shape index (κ2) is 11.2. The van der Waals surface area contributed by atoms with Crippen LogP contribution in [0.4, 0.5) is 5.00 Å². The highest BCUT2D eigenvalue weighted by Crippen LogP contribution is 2.35. The quantitative estimate of drug-likeness (QED) is 0.213. The average Bonchev–Trinajstić information content (AvgIpc) is 3.31. The lowest BCUT2D eigenvalue weighted by Crippen LogP contribution is -2.16. The van der Waals surface area contributed by atoms with Gasteiger partial charge in [0.2, 0.25) is 5.91 Å². The Bertz CT molecular complexity index is 1210. The Kier molecular flexibility index (Phi) is 8.58. The van der Waals surface area contributed by atoms with Crippen LogP contribution >= 0.6 is 46.3 Å². The monoisotopic (exact) mass is 524 g/mol. The summed E-state index contributed by atoms with van der Waals surface area (Å²) >= 11 is 14.9.